The monoisotopic (exact) mass is 381 g/mol. The number of benzene rings is 1. The molecule has 1 atom stereocenters. The van der Waals surface area contributed by atoms with E-state index in [4.69, 9.17) is 11.6 Å². The molecule has 1 saturated heterocycles. The van der Waals surface area contributed by atoms with Gasteiger partial charge in [0.2, 0.25) is 0 Å². The molecule has 1 fully saturated rings. The Morgan fingerprint density at radius 1 is 1.22 bits per heavy atom. The Kier molecular flexibility index (Phi) is 6.79. The van der Waals surface area contributed by atoms with E-state index in [9.17, 15) is 13.2 Å². The first-order valence-electron chi connectivity index (χ1n) is 8.67. The van der Waals surface area contributed by atoms with Crippen molar-refractivity contribution in [2.24, 2.45) is 11.6 Å². The van der Waals surface area contributed by atoms with Crippen LogP contribution >= 0.6 is 0 Å². The number of halogens is 3. The van der Waals surface area contributed by atoms with Gasteiger partial charge in [0.1, 0.15) is 5.70 Å². The number of nitrogens with two attached hydrogens (primary N) is 2. The van der Waals surface area contributed by atoms with Gasteiger partial charge < -0.3 is 21.4 Å². The Hall–Kier alpha value is -2.61. The molecule has 1 aliphatic rings. The number of hydrogen-bond donors (Lipinski definition) is 4. The normalized spacial score (nSPS) is 18.1. The smallest absolute Gasteiger partial charge is 0.393 e. The Bertz CT molecular complexity index is 697. The molecule has 1 aromatic carbocycles. The average Bonchev–Trinajstić information content (AvgIpc) is 3.13. The van der Waals surface area contributed by atoms with Crippen LogP contribution in [0.5, 0.6) is 0 Å². The highest BCUT2D eigenvalue weighted by molar-refractivity contribution is 5.22. The van der Waals surface area contributed by atoms with Crippen molar-refractivity contribution in [1.29, 1.82) is 0 Å². The van der Waals surface area contributed by atoms with Gasteiger partial charge in [-0.15, -0.1) is 0 Å². The van der Waals surface area contributed by atoms with E-state index in [0.717, 1.165) is 24.1 Å². The summed E-state index contributed by atoms with van der Waals surface area (Å²) < 4.78 is 38.5. The van der Waals surface area contributed by atoms with Crippen LogP contribution in [0, 0.1) is 0 Å². The number of hydrogen-bond acceptors (Lipinski definition) is 5. The lowest BCUT2D eigenvalue weighted by Gasteiger charge is -2.31. The number of hydrazine groups is 1. The summed E-state index contributed by atoms with van der Waals surface area (Å²) in [6, 6.07) is 9.85. The Labute approximate surface area is 157 Å². The SMILES string of the molecule is C=C(NCc1ccccc1)C1CCCN1C(=C)C/C(NN)=C(/N)C(F)(F)F. The van der Waals surface area contributed by atoms with E-state index in [1.54, 1.807) is 0 Å². The molecule has 8 heteroatoms. The molecule has 0 spiro atoms. The molecule has 0 radical (unpaired) electrons. The van der Waals surface area contributed by atoms with Gasteiger partial charge in [-0.1, -0.05) is 43.5 Å². The molecular formula is C19H26F3N5. The van der Waals surface area contributed by atoms with Crippen molar-refractivity contribution in [1.82, 2.24) is 15.6 Å². The largest absolute Gasteiger partial charge is 0.432 e. The lowest BCUT2D eigenvalue weighted by Crippen LogP contribution is -2.37. The van der Waals surface area contributed by atoms with Crippen LogP contribution in [-0.2, 0) is 6.54 Å². The van der Waals surface area contributed by atoms with Gasteiger partial charge in [0, 0.05) is 30.9 Å². The number of nitrogens with one attached hydrogen (secondary N) is 2. The second kappa shape index (κ2) is 8.85. The van der Waals surface area contributed by atoms with Gasteiger partial charge in [-0.25, -0.2) is 0 Å². The highest BCUT2D eigenvalue weighted by atomic mass is 19.4. The van der Waals surface area contributed by atoms with Crippen molar-refractivity contribution in [2.75, 3.05) is 6.54 Å². The maximum absolute atomic E-state index is 12.8. The summed E-state index contributed by atoms with van der Waals surface area (Å²) in [6.07, 6.45) is -3.00. The number of allylic oxidation sites excluding steroid dienone is 1. The van der Waals surface area contributed by atoms with Crippen LogP contribution in [0.2, 0.25) is 0 Å². The molecule has 0 aromatic heterocycles. The second-order valence-electron chi connectivity index (χ2n) is 6.49. The molecule has 6 N–H and O–H groups in total. The number of rotatable bonds is 8. The predicted molar refractivity (Wildman–Crippen MR) is 100 cm³/mol. The van der Waals surface area contributed by atoms with E-state index < -0.39 is 11.9 Å². The molecule has 1 heterocycles. The van der Waals surface area contributed by atoms with Crippen molar-refractivity contribution in [3.8, 4) is 0 Å². The molecule has 5 nitrogen and oxygen atoms in total. The molecule has 0 amide bonds. The third kappa shape index (κ3) is 5.43. The van der Waals surface area contributed by atoms with Crippen LogP contribution in [0.15, 0.2) is 66.3 Å². The second-order valence-corrected chi connectivity index (χ2v) is 6.49. The highest BCUT2D eigenvalue weighted by Gasteiger charge is 2.35. The summed E-state index contributed by atoms with van der Waals surface area (Å²) in [5, 5.41) is 3.31. The zero-order valence-corrected chi connectivity index (χ0v) is 15.1. The van der Waals surface area contributed by atoms with Crippen LogP contribution in [-0.4, -0.2) is 23.7 Å². The summed E-state index contributed by atoms with van der Waals surface area (Å²) >= 11 is 0. The van der Waals surface area contributed by atoms with E-state index in [1.165, 1.54) is 0 Å². The quantitative estimate of drug-likeness (QED) is 0.411. The molecular weight excluding hydrogens is 355 g/mol. The zero-order valence-electron chi connectivity index (χ0n) is 15.1. The molecule has 0 bridgehead atoms. The van der Waals surface area contributed by atoms with Gasteiger partial charge in [0.15, 0.2) is 0 Å². The van der Waals surface area contributed by atoms with E-state index >= 15 is 0 Å². The summed E-state index contributed by atoms with van der Waals surface area (Å²) in [4.78, 5) is 1.96. The van der Waals surface area contributed by atoms with E-state index in [0.29, 0.717) is 18.8 Å². The van der Waals surface area contributed by atoms with E-state index in [2.05, 4.69) is 23.9 Å². The maximum Gasteiger partial charge on any atom is 0.432 e. The van der Waals surface area contributed by atoms with Crippen molar-refractivity contribution >= 4 is 0 Å². The fourth-order valence-corrected chi connectivity index (χ4v) is 3.14. The van der Waals surface area contributed by atoms with Gasteiger partial charge in [-0.2, -0.15) is 13.2 Å². The van der Waals surface area contributed by atoms with Gasteiger partial charge in [0.05, 0.1) is 11.7 Å². The van der Waals surface area contributed by atoms with Gasteiger partial charge in [-0.05, 0) is 18.4 Å². The Morgan fingerprint density at radius 3 is 2.48 bits per heavy atom. The molecule has 0 aliphatic carbocycles. The van der Waals surface area contributed by atoms with Gasteiger partial charge in [-0.3, -0.25) is 5.84 Å². The van der Waals surface area contributed by atoms with Crippen LogP contribution in [0.1, 0.15) is 24.8 Å². The van der Waals surface area contributed by atoms with Crippen molar-refractivity contribution < 1.29 is 13.2 Å². The average molecular weight is 381 g/mol. The van der Waals surface area contributed by atoms with Crippen LogP contribution in [0.3, 0.4) is 0 Å². The fraction of sp³-hybridized carbons (Fsp3) is 0.368. The minimum absolute atomic E-state index is 0.0349. The summed E-state index contributed by atoms with van der Waals surface area (Å²) in [5.41, 5.74) is 8.17. The van der Waals surface area contributed by atoms with Crippen molar-refractivity contribution in [3.63, 3.8) is 0 Å². The lowest BCUT2D eigenvalue weighted by molar-refractivity contribution is -0.0939. The Balaban J connectivity index is 2.02. The minimum atomic E-state index is -4.65. The molecule has 0 saturated carbocycles. The first-order valence-corrected chi connectivity index (χ1v) is 8.67. The third-order valence-corrected chi connectivity index (χ3v) is 4.61. The van der Waals surface area contributed by atoms with Crippen LogP contribution in [0.4, 0.5) is 13.2 Å². The minimum Gasteiger partial charge on any atom is -0.393 e. The molecule has 1 aliphatic heterocycles. The topological polar surface area (TPSA) is 79.3 Å². The number of likely N-dealkylation sites (tertiary alicyclic amines) is 1. The van der Waals surface area contributed by atoms with Crippen molar-refractivity contribution in [2.45, 2.75) is 38.0 Å². The summed E-state index contributed by atoms with van der Waals surface area (Å²) in [5.74, 6) is 5.25. The van der Waals surface area contributed by atoms with Crippen LogP contribution < -0.4 is 22.3 Å². The zero-order chi connectivity index (χ0) is 20.0. The van der Waals surface area contributed by atoms with Gasteiger partial charge >= 0.3 is 6.18 Å². The van der Waals surface area contributed by atoms with Crippen LogP contribution in [0.25, 0.3) is 0 Å². The first kappa shape index (κ1) is 20.7. The number of alkyl halides is 3. The molecule has 1 aromatic rings. The molecule has 2 rings (SSSR count). The fourth-order valence-electron chi connectivity index (χ4n) is 3.14. The highest BCUT2D eigenvalue weighted by Crippen LogP contribution is 2.30. The summed E-state index contributed by atoms with van der Waals surface area (Å²) in [6.45, 7) is 9.38. The first-order chi connectivity index (χ1) is 12.7. The summed E-state index contributed by atoms with van der Waals surface area (Å²) in [7, 11) is 0. The predicted octanol–water partition coefficient (Wildman–Crippen LogP) is 2.85. The Morgan fingerprint density at radius 2 is 1.89 bits per heavy atom. The standard InChI is InChI=1S/C19H26F3N5/c1-13(11-16(26-24)18(23)19(20,21)22)27-10-6-9-17(27)14(2)25-12-15-7-4-3-5-8-15/h3-5,7-8,17,25-26H,1-2,6,9-12,23-24H2/b18-16-. The lowest BCUT2D eigenvalue weighted by atomic mass is 10.1. The molecule has 1 unspecified atom stereocenters. The van der Waals surface area contributed by atoms with E-state index in [-0.39, 0.29) is 18.2 Å². The van der Waals surface area contributed by atoms with E-state index in [1.807, 2.05) is 35.2 Å². The number of nitrogens with zero attached hydrogens (tertiary/aromatic N) is 1. The van der Waals surface area contributed by atoms with Gasteiger partial charge in [0.25, 0.3) is 0 Å². The van der Waals surface area contributed by atoms with Crippen molar-refractivity contribution in [3.05, 3.63) is 71.8 Å². The molecule has 27 heavy (non-hydrogen) atoms. The third-order valence-electron chi connectivity index (χ3n) is 4.61. The molecule has 148 valence electrons. The maximum atomic E-state index is 12.8.